The molecular formula is C15H29N3O3. The summed E-state index contributed by atoms with van der Waals surface area (Å²) < 4.78 is 5.46. The van der Waals surface area contributed by atoms with E-state index < -0.39 is 11.6 Å². The summed E-state index contributed by atoms with van der Waals surface area (Å²) in [5, 5.41) is 0. The van der Waals surface area contributed by atoms with Crippen LogP contribution in [0.4, 0.5) is 4.79 Å². The van der Waals surface area contributed by atoms with Gasteiger partial charge in [0.25, 0.3) is 0 Å². The maximum atomic E-state index is 12.3. The van der Waals surface area contributed by atoms with E-state index in [9.17, 15) is 9.59 Å². The fourth-order valence-electron chi connectivity index (χ4n) is 2.51. The van der Waals surface area contributed by atoms with E-state index in [0.717, 1.165) is 19.3 Å². The SMILES string of the molecule is C[C@H](N)C(=O)N(C)C[C@H]1CCCCN1C(=O)OC(C)(C)C. The highest BCUT2D eigenvalue weighted by molar-refractivity contribution is 5.81. The fourth-order valence-corrected chi connectivity index (χ4v) is 2.51. The second-order valence-corrected chi connectivity index (χ2v) is 6.83. The van der Waals surface area contributed by atoms with Gasteiger partial charge in [-0.25, -0.2) is 4.79 Å². The quantitative estimate of drug-likeness (QED) is 0.858. The second-order valence-electron chi connectivity index (χ2n) is 6.83. The summed E-state index contributed by atoms with van der Waals surface area (Å²) in [6.07, 6.45) is 2.62. The number of hydrogen-bond donors (Lipinski definition) is 1. The lowest BCUT2D eigenvalue weighted by Crippen LogP contribution is -2.52. The zero-order valence-electron chi connectivity index (χ0n) is 13.9. The predicted octanol–water partition coefficient (Wildman–Crippen LogP) is 1.58. The highest BCUT2D eigenvalue weighted by Crippen LogP contribution is 2.21. The van der Waals surface area contributed by atoms with Crippen LogP contribution in [0.25, 0.3) is 0 Å². The molecule has 0 unspecified atom stereocenters. The topological polar surface area (TPSA) is 75.9 Å². The molecule has 0 spiro atoms. The molecule has 0 aromatic heterocycles. The van der Waals surface area contributed by atoms with Gasteiger partial charge >= 0.3 is 6.09 Å². The third-order valence-corrected chi connectivity index (χ3v) is 3.51. The van der Waals surface area contributed by atoms with Gasteiger partial charge in [-0.15, -0.1) is 0 Å². The Hall–Kier alpha value is -1.30. The van der Waals surface area contributed by atoms with Gasteiger partial charge in [0.2, 0.25) is 5.91 Å². The van der Waals surface area contributed by atoms with Gasteiger partial charge in [0.15, 0.2) is 0 Å². The zero-order chi connectivity index (χ0) is 16.2. The molecule has 2 atom stereocenters. The molecule has 1 aliphatic rings. The molecule has 0 aliphatic carbocycles. The Morgan fingerprint density at radius 1 is 1.38 bits per heavy atom. The molecule has 1 fully saturated rings. The van der Waals surface area contributed by atoms with Gasteiger partial charge in [-0.3, -0.25) is 4.79 Å². The van der Waals surface area contributed by atoms with Crippen molar-refractivity contribution in [3.63, 3.8) is 0 Å². The van der Waals surface area contributed by atoms with Gasteiger partial charge in [-0.1, -0.05) is 0 Å². The normalized spacial score (nSPS) is 20.9. The van der Waals surface area contributed by atoms with Crippen LogP contribution in [0, 0.1) is 0 Å². The van der Waals surface area contributed by atoms with Crippen molar-refractivity contribution in [3.8, 4) is 0 Å². The first-order valence-corrected chi connectivity index (χ1v) is 7.62. The number of likely N-dealkylation sites (tertiary alicyclic amines) is 1. The number of likely N-dealkylation sites (N-methyl/N-ethyl adjacent to an activating group) is 1. The van der Waals surface area contributed by atoms with Crippen molar-refractivity contribution >= 4 is 12.0 Å². The number of rotatable bonds is 3. The van der Waals surface area contributed by atoms with Crippen molar-refractivity contribution < 1.29 is 14.3 Å². The molecule has 6 heteroatoms. The van der Waals surface area contributed by atoms with Crippen LogP contribution in [0.3, 0.4) is 0 Å². The number of nitrogens with two attached hydrogens (primary N) is 1. The van der Waals surface area contributed by atoms with E-state index in [1.165, 1.54) is 0 Å². The summed E-state index contributed by atoms with van der Waals surface area (Å²) in [6.45, 7) is 8.42. The standard InChI is InChI=1S/C15H29N3O3/c1-11(16)13(19)17(5)10-12-8-6-7-9-18(12)14(20)21-15(2,3)4/h11-12H,6-10,16H2,1-5H3/t11-,12+/m0/s1. The molecule has 1 saturated heterocycles. The Labute approximate surface area is 127 Å². The maximum absolute atomic E-state index is 12.3. The van der Waals surface area contributed by atoms with Gasteiger partial charge < -0.3 is 20.3 Å². The van der Waals surface area contributed by atoms with Gasteiger partial charge in [0, 0.05) is 20.1 Å². The average Bonchev–Trinajstić information content (AvgIpc) is 2.36. The minimum atomic E-state index is -0.520. The van der Waals surface area contributed by atoms with Crippen LogP contribution in [0.5, 0.6) is 0 Å². The molecule has 1 rings (SSSR count). The fraction of sp³-hybridized carbons (Fsp3) is 0.867. The summed E-state index contributed by atoms with van der Waals surface area (Å²) in [4.78, 5) is 27.5. The van der Waals surface area contributed by atoms with E-state index in [4.69, 9.17) is 10.5 Å². The first-order valence-electron chi connectivity index (χ1n) is 7.62. The lowest BCUT2D eigenvalue weighted by atomic mass is 10.0. The first kappa shape index (κ1) is 17.8. The van der Waals surface area contributed by atoms with Crippen molar-refractivity contribution in [2.24, 2.45) is 5.73 Å². The van der Waals surface area contributed by atoms with E-state index in [1.807, 2.05) is 20.8 Å². The van der Waals surface area contributed by atoms with Gasteiger partial charge in [0.05, 0.1) is 12.1 Å². The largest absolute Gasteiger partial charge is 0.444 e. The highest BCUT2D eigenvalue weighted by Gasteiger charge is 2.32. The van der Waals surface area contributed by atoms with Crippen molar-refractivity contribution in [2.75, 3.05) is 20.1 Å². The number of hydrogen-bond acceptors (Lipinski definition) is 4. The molecule has 2 amide bonds. The summed E-state index contributed by atoms with van der Waals surface area (Å²) >= 11 is 0. The molecule has 0 aromatic rings. The van der Waals surface area contributed by atoms with Crippen LogP contribution in [-0.4, -0.2) is 59.6 Å². The van der Waals surface area contributed by atoms with Crippen LogP contribution in [0.2, 0.25) is 0 Å². The maximum Gasteiger partial charge on any atom is 0.410 e. The van der Waals surface area contributed by atoms with Crippen LogP contribution < -0.4 is 5.73 Å². The molecule has 1 aliphatic heterocycles. The van der Waals surface area contributed by atoms with Crippen LogP contribution in [-0.2, 0) is 9.53 Å². The number of amides is 2. The van der Waals surface area contributed by atoms with Gasteiger partial charge in [-0.2, -0.15) is 0 Å². The Morgan fingerprint density at radius 2 is 2.00 bits per heavy atom. The number of carbonyl (C=O) groups excluding carboxylic acids is 2. The molecule has 0 bridgehead atoms. The van der Waals surface area contributed by atoms with E-state index in [-0.39, 0.29) is 18.0 Å². The molecule has 21 heavy (non-hydrogen) atoms. The molecule has 0 aromatic carbocycles. The number of piperidine rings is 1. The number of nitrogens with zero attached hydrogens (tertiary/aromatic N) is 2. The van der Waals surface area contributed by atoms with Gasteiger partial charge in [-0.05, 0) is 47.0 Å². The Balaban J connectivity index is 2.69. The summed E-state index contributed by atoms with van der Waals surface area (Å²) in [5.41, 5.74) is 5.12. The molecule has 0 radical (unpaired) electrons. The smallest absolute Gasteiger partial charge is 0.410 e. The Kier molecular flexibility index (Phi) is 6.01. The third-order valence-electron chi connectivity index (χ3n) is 3.51. The molecule has 122 valence electrons. The van der Waals surface area contributed by atoms with Crippen molar-refractivity contribution in [3.05, 3.63) is 0 Å². The van der Waals surface area contributed by atoms with Crippen LogP contribution >= 0.6 is 0 Å². The summed E-state index contributed by atoms with van der Waals surface area (Å²) in [5.74, 6) is -0.107. The Morgan fingerprint density at radius 3 is 2.52 bits per heavy atom. The lowest BCUT2D eigenvalue weighted by Gasteiger charge is -2.38. The van der Waals surface area contributed by atoms with Crippen LogP contribution in [0.1, 0.15) is 47.0 Å². The molecular weight excluding hydrogens is 270 g/mol. The van der Waals surface area contributed by atoms with Crippen LogP contribution in [0.15, 0.2) is 0 Å². The third kappa shape index (κ3) is 5.53. The van der Waals surface area contributed by atoms with E-state index in [2.05, 4.69) is 0 Å². The average molecular weight is 299 g/mol. The van der Waals surface area contributed by atoms with E-state index in [1.54, 1.807) is 23.8 Å². The van der Waals surface area contributed by atoms with Crippen molar-refractivity contribution in [2.45, 2.75) is 64.6 Å². The predicted molar refractivity (Wildman–Crippen MR) is 81.9 cm³/mol. The molecule has 1 heterocycles. The zero-order valence-corrected chi connectivity index (χ0v) is 13.9. The lowest BCUT2D eigenvalue weighted by molar-refractivity contribution is -0.131. The number of ether oxygens (including phenoxy) is 1. The summed E-state index contributed by atoms with van der Waals surface area (Å²) in [7, 11) is 1.73. The molecule has 2 N–H and O–H groups in total. The van der Waals surface area contributed by atoms with E-state index in [0.29, 0.717) is 13.1 Å². The van der Waals surface area contributed by atoms with Crippen molar-refractivity contribution in [1.82, 2.24) is 9.80 Å². The molecule has 6 nitrogen and oxygen atoms in total. The second kappa shape index (κ2) is 7.11. The monoisotopic (exact) mass is 299 g/mol. The molecule has 0 saturated carbocycles. The summed E-state index contributed by atoms with van der Waals surface area (Å²) in [6, 6.07) is -0.519. The van der Waals surface area contributed by atoms with Crippen molar-refractivity contribution in [1.29, 1.82) is 0 Å². The first-order chi connectivity index (χ1) is 9.61. The van der Waals surface area contributed by atoms with E-state index >= 15 is 0 Å². The van der Waals surface area contributed by atoms with Gasteiger partial charge in [0.1, 0.15) is 5.60 Å². The Bertz CT molecular complexity index is 377. The highest BCUT2D eigenvalue weighted by atomic mass is 16.6. The minimum absolute atomic E-state index is 0.00120. The minimum Gasteiger partial charge on any atom is -0.444 e. The number of carbonyl (C=O) groups is 2.